The molecule has 6 nitrogen and oxygen atoms in total. The van der Waals surface area contributed by atoms with Crippen LogP contribution < -0.4 is 5.46 Å². The van der Waals surface area contributed by atoms with Gasteiger partial charge in [-0.05, 0) is 29.1 Å². The van der Waals surface area contributed by atoms with E-state index < -0.39 is 11.7 Å². The van der Waals surface area contributed by atoms with Crippen LogP contribution in [0, 0.1) is 5.41 Å². The molecule has 2 aliphatic rings. The Hall–Kier alpha value is -2.45. The number of rotatable bonds is 7. The van der Waals surface area contributed by atoms with Crippen molar-refractivity contribution in [2.24, 2.45) is 5.41 Å². The quantitative estimate of drug-likeness (QED) is 0.490. The van der Waals surface area contributed by atoms with Gasteiger partial charge in [0.1, 0.15) is 6.61 Å². The largest absolute Gasteiger partial charge is 0.493 e. The predicted molar refractivity (Wildman–Crippen MR) is 122 cm³/mol. The molecule has 2 aromatic carbocycles. The highest BCUT2D eigenvalue weighted by molar-refractivity contribution is 6.61. The molecule has 2 aliphatic heterocycles. The van der Waals surface area contributed by atoms with E-state index >= 15 is 0 Å². The first-order chi connectivity index (χ1) is 15.6. The van der Waals surface area contributed by atoms with Crippen molar-refractivity contribution in [3.05, 3.63) is 71.8 Å². The van der Waals surface area contributed by atoms with Gasteiger partial charge in [-0.25, -0.2) is 0 Å². The van der Waals surface area contributed by atoms with E-state index in [4.69, 9.17) is 23.5 Å². The number of esters is 1. The van der Waals surface area contributed by atoms with Gasteiger partial charge in [0.05, 0.1) is 19.6 Å². The van der Waals surface area contributed by atoms with Gasteiger partial charge in [0.25, 0.3) is 0 Å². The molecular weight excluding hydrogens is 407 g/mol. The molecule has 0 atom stereocenters. The Morgan fingerprint density at radius 2 is 1.75 bits per heavy atom. The van der Waals surface area contributed by atoms with Crippen LogP contribution in [0.5, 0.6) is 0 Å². The van der Waals surface area contributed by atoms with Gasteiger partial charge in [-0.3, -0.25) is 4.79 Å². The molecule has 4 rings (SSSR count). The summed E-state index contributed by atoms with van der Waals surface area (Å²) in [5.41, 5.74) is 2.57. The molecule has 0 radical (unpaired) electrons. The van der Waals surface area contributed by atoms with Crippen molar-refractivity contribution in [2.45, 2.75) is 32.7 Å². The second-order valence-electron chi connectivity index (χ2n) is 8.58. The average molecular weight is 436 g/mol. The first-order valence-electron chi connectivity index (χ1n) is 11.0. The summed E-state index contributed by atoms with van der Waals surface area (Å²) in [6.07, 6.45) is 4.61. The molecule has 0 N–H and O–H groups in total. The molecule has 0 amide bonds. The zero-order chi connectivity index (χ0) is 22.2. The van der Waals surface area contributed by atoms with E-state index in [9.17, 15) is 4.79 Å². The first-order valence-corrected chi connectivity index (χ1v) is 11.0. The summed E-state index contributed by atoms with van der Waals surface area (Å²) in [6.45, 7) is 4.49. The highest BCUT2D eigenvalue weighted by Gasteiger charge is 2.34. The summed E-state index contributed by atoms with van der Waals surface area (Å²) < 4.78 is 28.3. The fraction of sp³-hybridized carbons (Fsp3) is 0.400. The summed E-state index contributed by atoms with van der Waals surface area (Å²) in [6, 6.07) is 17.8. The second kappa shape index (κ2) is 10.9. The summed E-state index contributed by atoms with van der Waals surface area (Å²) in [5, 5.41) is 0. The van der Waals surface area contributed by atoms with E-state index in [1.54, 1.807) is 0 Å². The zero-order valence-electron chi connectivity index (χ0n) is 18.4. The third-order valence-corrected chi connectivity index (χ3v) is 5.49. The van der Waals surface area contributed by atoms with Crippen LogP contribution in [0.2, 0.25) is 0 Å². The number of ether oxygens (including phenoxy) is 3. The van der Waals surface area contributed by atoms with Crippen molar-refractivity contribution in [3.8, 4) is 0 Å². The van der Waals surface area contributed by atoms with E-state index in [0.717, 1.165) is 23.0 Å². The van der Waals surface area contributed by atoms with Gasteiger partial charge in [0.2, 0.25) is 0 Å². The molecule has 32 heavy (non-hydrogen) atoms. The molecule has 7 heteroatoms. The standard InChI is InChI=1S/C25H29BO6/c1-25(18-29-24(30-19-25)13-10-20-6-3-2-4-7-20)16-23(27)28-17-21-8-11-22(12-9-21)26-31-14-5-15-32-26/h2-4,6-13,24H,5,14-19H2,1H3/b13-10+. The maximum absolute atomic E-state index is 12.4. The molecule has 0 spiro atoms. The minimum Gasteiger partial charge on any atom is -0.461 e. The number of carbonyl (C=O) groups excluding carboxylic acids is 1. The van der Waals surface area contributed by atoms with Gasteiger partial charge in [0, 0.05) is 18.6 Å². The fourth-order valence-electron chi connectivity index (χ4n) is 3.64. The molecule has 0 aliphatic carbocycles. The fourth-order valence-corrected chi connectivity index (χ4v) is 3.64. The van der Waals surface area contributed by atoms with E-state index in [0.29, 0.717) is 26.4 Å². The molecule has 0 unspecified atom stereocenters. The van der Waals surface area contributed by atoms with Crippen LogP contribution in [0.3, 0.4) is 0 Å². The lowest BCUT2D eigenvalue weighted by Crippen LogP contribution is -2.41. The molecule has 2 heterocycles. The Morgan fingerprint density at radius 1 is 1.06 bits per heavy atom. The van der Waals surface area contributed by atoms with Crippen LogP contribution in [0.15, 0.2) is 60.7 Å². The SMILES string of the molecule is CC1(CC(=O)OCc2ccc(B3OCCCO3)cc2)COC(/C=C/c2ccccc2)OC1. The first kappa shape index (κ1) is 22.7. The molecule has 0 aromatic heterocycles. The van der Waals surface area contributed by atoms with E-state index in [-0.39, 0.29) is 26.1 Å². The minimum atomic E-state index is -0.409. The van der Waals surface area contributed by atoms with Crippen LogP contribution in [-0.4, -0.2) is 45.8 Å². The Labute approximate surface area is 189 Å². The van der Waals surface area contributed by atoms with Crippen LogP contribution in [0.25, 0.3) is 6.08 Å². The topological polar surface area (TPSA) is 63.2 Å². The highest BCUT2D eigenvalue weighted by atomic mass is 16.7. The molecule has 0 bridgehead atoms. The smallest absolute Gasteiger partial charge is 0.461 e. The van der Waals surface area contributed by atoms with Crippen molar-refractivity contribution < 1.29 is 28.3 Å². The van der Waals surface area contributed by atoms with Crippen molar-refractivity contribution in [3.63, 3.8) is 0 Å². The average Bonchev–Trinajstić information content (AvgIpc) is 2.84. The third-order valence-electron chi connectivity index (χ3n) is 5.49. The van der Waals surface area contributed by atoms with E-state index in [1.165, 1.54) is 0 Å². The van der Waals surface area contributed by atoms with Crippen LogP contribution in [0.4, 0.5) is 0 Å². The number of hydrogen-bond donors (Lipinski definition) is 0. The van der Waals surface area contributed by atoms with E-state index in [1.807, 2.05) is 73.7 Å². The van der Waals surface area contributed by atoms with Gasteiger partial charge < -0.3 is 23.5 Å². The molecule has 2 saturated heterocycles. The highest BCUT2D eigenvalue weighted by Crippen LogP contribution is 2.29. The molecule has 0 saturated carbocycles. The van der Waals surface area contributed by atoms with Crippen LogP contribution in [0.1, 0.15) is 30.9 Å². The molecular formula is C25H29BO6. The van der Waals surface area contributed by atoms with Crippen molar-refractivity contribution in [1.82, 2.24) is 0 Å². The minimum absolute atomic E-state index is 0.228. The Kier molecular flexibility index (Phi) is 7.76. The molecule has 2 aromatic rings. The van der Waals surface area contributed by atoms with Crippen molar-refractivity contribution in [2.75, 3.05) is 26.4 Å². The van der Waals surface area contributed by atoms with Gasteiger partial charge in [0.15, 0.2) is 6.29 Å². The number of carbonyl (C=O) groups is 1. The van der Waals surface area contributed by atoms with Gasteiger partial charge in [-0.1, -0.05) is 67.6 Å². The monoisotopic (exact) mass is 436 g/mol. The second-order valence-corrected chi connectivity index (χ2v) is 8.58. The summed E-state index contributed by atoms with van der Waals surface area (Å²) >= 11 is 0. The molecule has 168 valence electrons. The van der Waals surface area contributed by atoms with E-state index in [2.05, 4.69) is 0 Å². The number of hydrogen-bond acceptors (Lipinski definition) is 6. The lowest BCUT2D eigenvalue weighted by atomic mass is 9.78. The van der Waals surface area contributed by atoms with Gasteiger partial charge in [-0.15, -0.1) is 0 Å². The van der Waals surface area contributed by atoms with Crippen molar-refractivity contribution in [1.29, 1.82) is 0 Å². The third kappa shape index (κ3) is 6.53. The number of benzene rings is 2. The van der Waals surface area contributed by atoms with Gasteiger partial charge in [-0.2, -0.15) is 0 Å². The van der Waals surface area contributed by atoms with Crippen molar-refractivity contribution >= 4 is 24.6 Å². The Bertz CT molecular complexity index is 884. The van der Waals surface area contributed by atoms with Gasteiger partial charge >= 0.3 is 13.1 Å². The summed E-state index contributed by atoms with van der Waals surface area (Å²) in [5.74, 6) is -0.263. The Balaban J connectivity index is 1.20. The summed E-state index contributed by atoms with van der Waals surface area (Å²) in [7, 11) is -0.307. The van der Waals surface area contributed by atoms with Crippen LogP contribution in [-0.2, 0) is 34.9 Å². The lowest BCUT2D eigenvalue weighted by Gasteiger charge is -2.35. The molecule has 2 fully saturated rings. The summed E-state index contributed by atoms with van der Waals surface area (Å²) in [4.78, 5) is 12.4. The lowest BCUT2D eigenvalue weighted by molar-refractivity contribution is -0.207. The predicted octanol–water partition coefficient (Wildman–Crippen LogP) is 3.34. The van der Waals surface area contributed by atoms with Crippen LogP contribution >= 0.6 is 0 Å². The normalized spacial score (nSPS) is 23.9. The zero-order valence-corrected chi connectivity index (χ0v) is 18.4. The maximum atomic E-state index is 12.4. The maximum Gasteiger partial charge on any atom is 0.493 e. The Morgan fingerprint density at radius 3 is 2.44 bits per heavy atom.